The Balaban J connectivity index is 2.96. The molecule has 0 spiro atoms. The number of aromatic nitrogens is 2. The zero-order valence-corrected chi connectivity index (χ0v) is 7.59. The summed E-state index contributed by atoms with van der Waals surface area (Å²) in [6.07, 6.45) is 1.63. The molecule has 4 heteroatoms. The summed E-state index contributed by atoms with van der Waals surface area (Å²) in [6.45, 7) is 5.49. The van der Waals surface area contributed by atoms with Gasteiger partial charge in [-0.25, -0.2) is 4.79 Å². The van der Waals surface area contributed by atoms with Gasteiger partial charge in [-0.05, 0) is 20.8 Å². The summed E-state index contributed by atoms with van der Waals surface area (Å²) in [7, 11) is 0. The van der Waals surface area contributed by atoms with Crippen LogP contribution in [0, 0.1) is 6.92 Å². The smallest absolute Gasteiger partial charge is 0.325 e. The quantitative estimate of drug-likeness (QED) is 0.668. The topological polar surface area (TPSA) is 58.0 Å². The number of rotatable bonds is 2. The third kappa shape index (κ3) is 1.98. The summed E-state index contributed by atoms with van der Waals surface area (Å²) in [5.41, 5.74) is -0.187. The van der Waals surface area contributed by atoms with Crippen molar-refractivity contribution in [1.82, 2.24) is 9.55 Å². The molecule has 0 saturated carbocycles. The van der Waals surface area contributed by atoms with Crippen LogP contribution in [0.1, 0.15) is 19.5 Å². The predicted octanol–water partition coefficient (Wildman–Crippen LogP) is 0.256. The Kier molecular flexibility index (Phi) is 2.10. The Hall–Kier alpha value is -1.03. The first kappa shape index (κ1) is 9.06. The second-order valence-corrected chi connectivity index (χ2v) is 3.63. The van der Waals surface area contributed by atoms with Gasteiger partial charge in [0.1, 0.15) is 0 Å². The minimum Gasteiger partial charge on any atom is -0.389 e. The maximum absolute atomic E-state index is 11.1. The van der Waals surface area contributed by atoms with Crippen LogP contribution in [0.5, 0.6) is 0 Å². The molecule has 4 nitrogen and oxygen atoms in total. The molecule has 1 rings (SSSR count). The van der Waals surface area contributed by atoms with Gasteiger partial charge in [-0.3, -0.25) is 4.57 Å². The number of hydrogen-bond acceptors (Lipinski definition) is 2. The van der Waals surface area contributed by atoms with Crippen molar-refractivity contribution in [3.8, 4) is 0 Å². The average Bonchev–Trinajstić information content (AvgIpc) is 2.16. The van der Waals surface area contributed by atoms with Gasteiger partial charge in [-0.15, -0.1) is 0 Å². The number of hydrogen-bond donors (Lipinski definition) is 2. The molecule has 0 amide bonds. The number of H-pyrrole nitrogens is 1. The highest BCUT2D eigenvalue weighted by Crippen LogP contribution is 2.05. The van der Waals surface area contributed by atoms with Gasteiger partial charge in [0.2, 0.25) is 0 Å². The number of nitrogens with zero attached hydrogens (tertiary/aromatic N) is 1. The number of aromatic amines is 1. The molecule has 0 radical (unpaired) electrons. The largest absolute Gasteiger partial charge is 0.389 e. The molecule has 0 fully saturated rings. The van der Waals surface area contributed by atoms with E-state index >= 15 is 0 Å². The van der Waals surface area contributed by atoms with E-state index in [0.29, 0.717) is 6.54 Å². The summed E-state index contributed by atoms with van der Waals surface area (Å²) in [6, 6.07) is 0. The molecular formula is C8H14N2O2. The second-order valence-electron chi connectivity index (χ2n) is 3.63. The van der Waals surface area contributed by atoms with Gasteiger partial charge in [0.25, 0.3) is 0 Å². The van der Waals surface area contributed by atoms with Crippen LogP contribution in [0.15, 0.2) is 11.0 Å². The Bertz CT molecular complexity index is 317. The fourth-order valence-corrected chi connectivity index (χ4v) is 1.07. The molecule has 0 aliphatic rings. The van der Waals surface area contributed by atoms with E-state index in [9.17, 15) is 9.90 Å². The van der Waals surface area contributed by atoms with Gasteiger partial charge in [0.15, 0.2) is 0 Å². The van der Waals surface area contributed by atoms with Gasteiger partial charge in [-0.2, -0.15) is 0 Å². The van der Waals surface area contributed by atoms with Gasteiger partial charge in [-0.1, -0.05) is 0 Å². The van der Waals surface area contributed by atoms with Crippen LogP contribution in [0.4, 0.5) is 0 Å². The normalized spacial score (nSPS) is 12.0. The van der Waals surface area contributed by atoms with Crippen molar-refractivity contribution in [3.05, 3.63) is 22.4 Å². The fraction of sp³-hybridized carbons (Fsp3) is 0.625. The van der Waals surface area contributed by atoms with E-state index in [1.165, 1.54) is 4.57 Å². The molecule has 0 atom stereocenters. The van der Waals surface area contributed by atoms with Crippen LogP contribution < -0.4 is 5.69 Å². The predicted molar refractivity (Wildman–Crippen MR) is 46.1 cm³/mol. The van der Waals surface area contributed by atoms with Crippen LogP contribution in [0.2, 0.25) is 0 Å². The second kappa shape index (κ2) is 2.79. The zero-order chi connectivity index (χ0) is 9.35. The molecule has 12 heavy (non-hydrogen) atoms. The van der Waals surface area contributed by atoms with E-state index in [2.05, 4.69) is 4.98 Å². The Labute approximate surface area is 70.9 Å². The molecule has 0 aromatic carbocycles. The number of aliphatic hydroxyl groups is 1. The average molecular weight is 170 g/mol. The van der Waals surface area contributed by atoms with Gasteiger partial charge >= 0.3 is 5.69 Å². The van der Waals surface area contributed by atoms with Crippen molar-refractivity contribution in [2.75, 3.05) is 0 Å². The molecule has 0 unspecified atom stereocenters. The summed E-state index contributed by atoms with van der Waals surface area (Å²) in [5, 5.41) is 9.46. The molecule has 0 aliphatic carbocycles. The number of nitrogens with one attached hydrogen (secondary N) is 1. The first-order chi connectivity index (χ1) is 5.40. The highest BCUT2D eigenvalue weighted by atomic mass is 16.3. The van der Waals surface area contributed by atoms with Crippen LogP contribution in [-0.2, 0) is 6.54 Å². The molecular weight excluding hydrogens is 156 g/mol. The lowest BCUT2D eigenvalue weighted by atomic mass is 10.1. The Morgan fingerprint density at radius 2 is 2.25 bits per heavy atom. The van der Waals surface area contributed by atoms with Gasteiger partial charge in [0, 0.05) is 11.9 Å². The minimum atomic E-state index is -0.850. The standard InChI is InChI=1S/C8H14N2O2/c1-6-4-9-7(11)10(6)5-8(2,3)12/h4,12H,5H2,1-3H3,(H,9,11). The van der Waals surface area contributed by atoms with Crippen molar-refractivity contribution >= 4 is 0 Å². The molecule has 1 aromatic heterocycles. The zero-order valence-electron chi connectivity index (χ0n) is 7.59. The van der Waals surface area contributed by atoms with E-state index in [1.807, 2.05) is 6.92 Å². The van der Waals surface area contributed by atoms with Crippen molar-refractivity contribution in [1.29, 1.82) is 0 Å². The highest BCUT2D eigenvalue weighted by Gasteiger charge is 2.15. The number of imidazole rings is 1. The number of aryl methyl sites for hydroxylation is 1. The lowest BCUT2D eigenvalue weighted by Crippen LogP contribution is -2.32. The van der Waals surface area contributed by atoms with Gasteiger partial charge in [0.05, 0.1) is 12.1 Å². The maximum atomic E-state index is 11.1. The van der Waals surface area contributed by atoms with E-state index in [4.69, 9.17) is 0 Å². The lowest BCUT2D eigenvalue weighted by molar-refractivity contribution is 0.0599. The van der Waals surface area contributed by atoms with E-state index in [0.717, 1.165) is 5.69 Å². The molecule has 0 saturated heterocycles. The molecule has 68 valence electrons. The summed E-state index contributed by atoms with van der Waals surface area (Å²) < 4.78 is 1.51. The first-order valence-corrected chi connectivity index (χ1v) is 3.87. The molecule has 0 aliphatic heterocycles. The van der Waals surface area contributed by atoms with Crippen molar-refractivity contribution in [2.24, 2.45) is 0 Å². The Morgan fingerprint density at radius 1 is 1.67 bits per heavy atom. The lowest BCUT2D eigenvalue weighted by Gasteiger charge is -2.17. The monoisotopic (exact) mass is 170 g/mol. The highest BCUT2D eigenvalue weighted by molar-refractivity contribution is 4.95. The summed E-state index contributed by atoms with van der Waals surface area (Å²) in [5.74, 6) is 0. The molecule has 1 heterocycles. The molecule has 1 aromatic rings. The van der Waals surface area contributed by atoms with Crippen LogP contribution in [0.25, 0.3) is 0 Å². The maximum Gasteiger partial charge on any atom is 0.325 e. The van der Waals surface area contributed by atoms with E-state index in [1.54, 1.807) is 20.0 Å². The van der Waals surface area contributed by atoms with Gasteiger partial charge < -0.3 is 10.1 Å². The summed E-state index contributed by atoms with van der Waals surface area (Å²) >= 11 is 0. The third-order valence-corrected chi connectivity index (χ3v) is 1.62. The summed E-state index contributed by atoms with van der Waals surface area (Å²) in [4.78, 5) is 13.7. The minimum absolute atomic E-state index is 0.172. The van der Waals surface area contributed by atoms with Crippen LogP contribution in [0.3, 0.4) is 0 Å². The van der Waals surface area contributed by atoms with Crippen LogP contribution >= 0.6 is 0 Å². The van der Waals surface area contributed by atoms with E-state index < -0.39 is 5.60 Å². The van der Waals surface area contributed by atoms with Crippen molar-refractivity contribution < 1.29 is 5.11 Å². The Morgan fingerprint density at radius 3 is 2.58 bits per heavy atom. The molecule has 2 N–H and O–H groups in total. The third-order valence-electron chi connectivity index (χ3n) is 1.62. The van der Waals surface area contributed by atoms with Crippen molar-refractivity contribution in [2.45, 2.75) is 32.9 Å². The fourth-order valence-electron chi connectivity index (χ4n) is 1.07. The molecule has 0 bridgehead atoms. The van der Waals surface area contributed by atoms with Crippen molar-refractivity contribution in [3.63, 3.8) is 0 Å². The van der Waals surface area contributed by atoms with E-state index in [-0.39, 0.29) is 5.69 Å². The van der Waals surface area contributed by atoms with Crippen LogP contribution in [-0.4, -0.2) is 20.3 Å². The first-order valence-electron chi connectivity index (χ1n) is 3.87. The SMILES string of the molecule is Cc1c[nH]c(=O)n1CC(C)(C)O.